The SMILES string of the molecule is O=C(CNC(=O)c1ccccc1Cl)NN=Cc1ccccc1[N+](=O)[O-]. The molecule has 0 fully saturated rings. The van der Waals surface area contributed by atoms with Gasteiger partial charge in [0.15, 0.2) is 0 Å². The number of nitrogens with zero attached hydrogens (tertiary/aromatic N) is 2. The number of nitro groups is 1. The van der Waals surface area contributed by atoms with Gasteiger partial charge in [0.1, 0.15) is 0 Å². The Morgan fingerprint density at radius 3 is 2.56 bits per heavy atom. The third kappa shape index (κ3) is 5.11. The molecule has 25 heavy (non-hydrogen) atoms. The summed E-state index contributed by atoms with van der Waals surface area (Å²) in [5.74, 6) is -1.08. The van der Waals surface area contributed by atoms with Gasteiger partial charge in [0.2, 0.25) is 0 Å². The number of hydrazone groups is 1. The fraction of sp³-hybridized carbons (Fsp3) is 0.0625. The second-order valence-electron chi connectivity index (χ2n) is 4.77. The number of amides is 2. The first-order valence-electron chi connectivity index (χ1n) is 7.07. The van der Waals surface area contributed by atoms with E-state index in [2.05, 4.69) is 15.8 Å². The molecule has 0 aliphatic heterocycles. The van der Waals surface area contributed by atoms with Crippen LogP contribution in [0.1, 0.15) is 15.9 Å². The summed E-state index contributed by atoms with van der Waals surface area (Å²) in [6.07, 6.45) is 1.16. The minimum atomic E-state index is -0.588. The quantitative estimate of drug-likeness (QED) is 0.466. The zero-order valence-corrected chi connectivity index (χ0v) is 13.6. The largest absolute Gasteiger partial charge is 0.343 e. The summed E-state index contributed by atoms with van der Waals surface area (Å²) < 4.78 is 0. The predicted octanol–water partition coefficient (Wildman–Crippen LogP) is 2.13. The summed E-state index contributed by atoms with van der Waals surface area (Å²) in [7, 11) is 0. The van der Waals surface area contributed by atoms with E-state index in [1.807, 2.05) is 0 Å². The Kier molecular flexibility index (Phi) is 6.19. The summed E-state index contributed by atoms with van der Waals surface area (Å²) in [5, 5.41) is 17.2. The predicted molar refractivity (Wildman–Crippen MR) is 92.6 cm³/mol. The highest BCUT2D eigenvalue weighted by molar-refractivity contribution is 6.33. The number of hydrogen-bond donors (Lipinski definition) is 2. The number of benzene rings is 2. The fourth-order valence-electron chi connectivity index (χ4n) is 1.88. The minimum Gasteiger partial charge on any atom is -0.343 e. The Balaban J connectivity index is 1.88. The summed E-state index contributed by atoms with van der Waals surface area (Å²) in [5.41, 5.74) is 2.54. The first-order chi connectivity index (χ1) is 12.0. The van der Waals surface area contributed by atoms with Crippen molar-refractivity contribution >= 4 is 35.3 Å². The lowest BCUT2D eigenvalue weighted by Gasteiger charge is -2.05. The van der Waals surface area contributed by atoms with Crippen molar-refractivity contribution in [2.75, 3.05) is 6.54 Å². The maximum Gasteiger partial charge on any atom is 0.278 e. The van der Waals surface area contributed by atoms with Crippen molar-refractivity contribution in [1.29, 1.82) is 0 Å². The maximum absolute atomic E-state index is 11.9. The molecule has 2 aromatic carbocycles. The van der Waals surface area contributed by atoms with Gasteiger partial charge in [0.05, 0.1) is 33.8 Å². The first-order valence-corrected chi connectivity index (χ1v) is 7.45. The highest BCUT2D eigenvalue weighted by atomic mass is 35.5. The Hall–Kier alpha value is -3.26. The van der Waals surface area contributed by atoms with Gasteiger partial charge in [0.25, 0.3) is 17.5 Å². The van der Waals surface area contributed by atoms with Crippen molar-refractivity contribution in [1.82, 2.24) is 10.7 Å². The summed E-state index contributed by atoms with van der Waals surface area (Å²) in [6.45, 7) is -0.321. The number of halogens is 1. The number of hydrogen-bond acceptors (Lipinski definition) is 5. The second-order valence-corrected chi connectivity index (χ2v) is 5.18. The van der Waals surface area contributed by atoms with Gasteiger partial charge in [-0.15, -0.1) is 0 Å². The Bertz CT molecular complexity index is 838. The maximum atomic E-state index is 11.9. The van der Waals surface area contributed by atoms with E-state index in [4.69, 9.17) is 11.6 Å². The number of nitrogens with one attached hydrogen (secondary N) is 2. The van der Waals surface area contributed by atoms with Gasteiger partial charge in [-0.05, 0) is 18.2 Å². The standard InChI is InChI=1S/C16H13ClN4O4/c17-13-7-3-2-6-12(13)16(23)18-10-15(22)20-19-9-11-5-1-4-8-14(11)21(24)25/h1-9H,10H2,(H,18,23)(H,20,22). The molecule has 2 rings (SSSR count). The molecule has 0 saturated heterocycles. The molecule has 0 aromatic heterocycles. The van der Waals surface area contributed by atoms with Crippen LogP contribution in [0.25, 0.3) is 0 Å². The van der Waals surface area contributed by atoms with Gasteiger partial charge >= 0.3 is 0 Å². The topological polar surface area (TPSA) is 114 Å². The zero-order chi connectivity index (χ0) is 18.2. The van der Waals surface area contributed by atoms with Crippen molar-refractivity contribution in [3.63, 3.8) is 0 Å². The highest BCUT2D eigenvalue weighted by Gasteiger charge is 2.11. The van der Waals surface area contributed by atoms with Crippen molar-refractivity contribution in [2.45, 2.75) is 0 Å². The van der Waals surface area contributed by atoms with Crippen LogP contribution in [0.2, 0.25) is 5.02 Å². The molecule has 0 aliphatic carbocycles. The molecule has 0 bridgehead atoms. The molecular formula is C16H13ClN4O4. The van der Waals surface area contributed by atoms with Crippen LogP contribution in [-0.2, 0) is 4.79 Å². The number of rotatable bonds is 6. The molecule has 0 heterocycles. The molecule has 0 radical (unpaired) electrons. The number of carbonyl (C=O) groups is 2. The Morgan fingerprint density at radius 2 is 1.84 bits per heavy atom. The van der Waals surface area contributed by atoms with E-state index in [0.717, 1.165) is 6.21 Å². The van der Waals surface area contributed by atoms with E-state index in [1.165, 1.54) is 24.3 Å². The monoisotopic (exact) mass is 360 g/mol. The summed E-state index contributed by atoms with van der Waals surface area (Å²) in [4.78, 5) is 33.9. The van der Waals surface area contributed by atoms with E-state index in [9.17, 15) is 19.7 Å². The molecule has 0 atom stereocenters. The summed E-state index contributed by atoms with van der Waals surface area (Å²) in [6, 6.07) is 12.4. The molecule has 2 aromatic rings. The smallest absolute Gasteiger partial charge is 0.278 e. The molecular weight excluding hydrogens is 348 g/mol. The van der Waals surface area contributed by atoms with Crippen LogP contribution in [0.4, 0.5) is 5.69 Å². The lowest BCUT2D eigenvalue weighted by molar-refractivity contribution is -0.385. The molecule has 0 aliphatic rings. The first kappa shape index (κ1) is 18.1. The lowest BCUT2D eigenvalue weighted by Crippen LogP contribution is -2.35. The molecule has 2 amide bonds. The average molecular weight is 361 g/mol. The van der Waals surface area contributed by atoms with E-state index in [-0.39, 0.29) is 28.4 Å². The zero-order valence-electron chi connectivity index (χ0n) is 12.8. The molecule has 0 unspecified atom stereocenters. The van der Waals surface area contributed by atoms with Crippen LogP contribution >= 0.6 is 11.6 Å². The number of carbonyl (C=O) groups excluding carboxylic acids is 2. The Labute approximate surface area is 147 Å². The third-order valence-electron chi connectivity index (χ3n) is 3.05. The van der Waals surface area contributed by atoms with E-state index < -0.39 is 16.7 Å². The van der Waals surface area contributed by atoms with Crippen LogP contribution in [0.15, 0.2) is 53.6 Å². The van der Waals surface area contributed by atoms with Crippen molar-refractivity contribution in [3.05, 3.63) is 74.8 Å². The second kappa shape index (κ2) is 8.55. The molecule has 9 heteroatoms. The van der Waals surface area contributed by atoms with Crippen LogP contribution in [0, 0.1) is 10.1 Å². The van der Waals surface area contributed by atoms with Crippen molar-refractivity contribution < 1.29 is 14.5 Å². The normalized spacial score (nSPS) is 10.4. The van der Waals surface area contributed by atoms with Crippen LogP contribution in [0.5, 0.6) is 0 Å². The minimum absolute atomic E-state index is 0.132. The average Bonchev–Trinajstić information content (AvgIpc) is 2.60. The van der Waals surface area contributed by atoms with Gasteiger partial charge in [0, 0.05) is 6.07 Å². The fourth-order valence-corrected chi connectivity index (χ4v) is 2.10. The van der Waals surface area contributed by atoms with Gasteiger partial charge in [-0.25, -0.2) is 5.43 Å². The molecule has 2 N–H and O–H groups in total. The number of nitro benzene ring substituents is 1. The van der Waals surface area contributed by atoms with Crippen LogP contribution < -0.4 is 10.7 Å². The molecule has 0 saturated carbocycles. The third-order valence-corrected chi connectivity index (χ3v) is 3.38. The van der Waals surface area contributed by atoms with E-state index in [1.54, 1.807) is 24.3 Å². The van der Waals surface area contributed by atoms with Crippen LogP contribution in [0.3, 0.4) is 0 Å². The van der Waals surface area contributed by atoms with E-state index in [0.29, 0.717) is 0 Å². The van der Waals surface area contributed by atoms with E-state index >= 15 is 0 Å². The Morgan fingerprint density at radius 1 is 1.16 bits per heavy atom. The molecule has 8 nitrogen and oxygen atoms in total. The van der Waals surface area contributed by atoms with Gasteiger partial charge < -0.3 is 5.32 Å². The van der Waals surface area contributed by atoms with Crippen LogP contribution in [-0.4, -0.2) is 29.5 Å². The van der Waals surface area contributed by atoms with Gasteiger partial charge in [-0.3, -0.25) is 19.7 Å². The highest BCUT2D eigenvalue weighted by Crippen LogP contribution is 2.15. The summed E-state index contributed by atoms with van der Waals surface area (Å²) >= 11 is 5.89. The molecule has 128 valence electrons. The molecule has 0 spiro atoms. The van der Waals surface area contributed by atoms with Gasteiger partial charge in [-0.1, -0.05) is 35.9 Å². The van der Waals surface area contributed by atoms with Crippen molar-refractivity contribution in [2.24, 2.45) is 5.10 Å². The lowest BCUT2D eigenvalue weighted by atomic mass is 10.2. The number of para-hydroxylation sites is 1. The van der Waals surface area contributed by atoms with Gasteiger partial charge in [-0.2, -0.15) is 5.10 Å². The van der Waals surface area contributed by atoms with Crippen molar-refractivity contribution in [3.8, 4) is 0 Å².